The van der Waals surface area contributed by atoms with E-state index in [0.717, 1.165) is 29.9 Å². The number of hydrogen-bond donors (Lipinski definition) is 2. The molecule has 3 aromatic rings. The number of fused-ring (bicyclic) bond motifs is 1. The number of hydrogen-bond acceptors (Lipinski definition) is 3. The van der Waals surface area contributed by atoms with Crippen LogP contribution in [0.25, 0.3) is 22.2 Å². The van der Waals surface area contributed by atoms with Gasteiger partial charge in [0.05, 0.1) is 12.1 Å². The van der Waals surface area contributed by atoms with Crippen LogP contribution in [0, 0.1) is 0 Å². The topological polar surface area (TPSA) is 70.1 Å². The van der Waals surface area contributed by atoms with Crippen molar-refractivity contribution in [2.24, 2.45) is 7.05 Å². The minimum absolute atomic E-state index is 0.0772. The summed E-state index contributed by atoms with van der Waals surface area (Å²) >= 11 is 0. The molecule has 0 radical (unpaired) electrons. The molecule has 1 amide bonds. The molecular weight excluding hydrogens is 400 g/mol. The molecule has 4 rings (SSSR count). The van der Waals surface area contributed by atoms with Crippen molar-refractivity contribution in [2.45, 2.75) is 44.9 Å². The number of aromatic amines is 1. The molecule has 1 aliphatic rings. The summed E-state index contributed by atoms with van der Waals surface area (Å²) < 4.78 is 1.59. The molecule has 0 aliphatic carbocycles. The molecular formula is C26H34N4O2. The fourth-order valence-corrected chi connectivity index (χ4v) is 4.83. The predicted octanol–water partition coefficient (Wildman–Crippen LogP) is 3.75. The summed E-state index contributed by atoms with van der Waals surface area (Å²) in [6, 6.07) is 8.69. The Labute approximate surface area is 189 Å². The van der Waals surface area contributed by atoms with Crippen molar-refractivity contribution in [2.75, 3.05) is 27.2 Å². The van der Waals surface area contributed by atoms with Crippen molar-refractivity contribution < 1.29 is 4.79 Å². The largest absolute Gasteiger partial charge is 0.354 e. The van der Waals surface area contributed by atoms with Crippen LogP contribution in [-0.2, 0) is 18.3 Å². The van der Waals surface area contributed by atoms with E-state index in [9.17, 15) is 9.59 Å². The van der Waals surface area contributed by atoms with Gasteiger partial charge in [-0.05, 0) is 67.1 Å². The predicted molar refractivity (Wildman–Crippen MR) is 130 cm³/mol. The number of H-pyrrole nitrogens is 1. The summed E-state index contributed by atoms with van der Waals surface area (Å²) in [7, 11) is 5.18. The van der Waals surface area contributed by atoms with Crippen LogP contribution in [0.5, 0.6) is 0 Å². The summed E-state index contributed by atoms with van der Waals surface area (Å²) in [6.45, 7) is 6.57. The standard InChI is InChI=1S/C26H34N4O2/c1-16(2)24-21-13-18(17-8-10-27-11-9-17)6-7-22(21)28-25(24)20-12-19(14-23(31)29(3)4)26(32)30(5)15-20/h6-7,12-13,15-17,27-28H,8-11,14H2,1-5H3. The highest BCUT2D eigenvalue weighted by molar-refractivity contribution is 5.92. The number of benzene rings is 1. The number of nitrogens with zero attached hydrogens (tertiary/aromatic N) is 2. The van der Waals surface area contributed by atoms with E-state index in [0.29, 0.717) is 17.4 Å². The molecule has 2 N–H and O–H groups in total. The van der Waals surface area contributed by atoms with Gasteiger partial charge in [-0.3, -0.25) is 9.59 Å². The normalized spacial score (nSPS) is 14.9. The van der Waals surface area contributed by atoms with Gasteiger partial charge >= 0.3 is 0 Å². The maximum absolute atomic E-state index is 12.7. The molecule has 6 heteroatoms. The van der Waals surface area contributed by atoms with Crippen molar-refractivity contribution >= 4 is 16.8 Å². The van der Waals surface area contributed by atoms with Gasteiger partial charge in [0.2, 0.25) is 5.91 Å². The summed E-state index contributed by atoms with van der Waals surface area (Å²) in [6.07, 6.45) is 4.31. The van der Waals surface area contributed by atoms with Crippen LogP contribution in [0.1, 0.15) is 55.2 Å². The first kappa shape index (κ1) is 22.3. The van der Waals surface area contributed by atoms with Crippen molar-refractivity contribution in [3.05, 3.63) is 57.5 Å². The van der Waals surface area contributed by atoms with Gasteiger partial charge < -0.3 is 19.8 Å². The molecule has 1 aliphatic heterocycles. The number of rotatable bonds is 5. The minimum Gasteiger partial charge on any atom is -0.354 e. The third kappa shape index (κ3) is 4.24. The summed E-state index contributed by atoms with van der Waals surface area (Å²) in [5.74, 6) is 0.831. The second-order valence-electron chi connectivity index (χ2n) is 9.53. The van der Waals surface area contributed by atoms with Gasteiger partial charge in [0.1, 0.15) is 0 Å². The van der Waals surface area contributed by atoms with E-state index >= 15 is 0 Å². The summed E-state index contributed by atoms with van der Waals surface area (Å²) in [4.78, 5) is 30.1. The molecule has 0 bridgehead atoms. The molecule has 32 heavy (non-hydrogen) atoms. The van der Waals surface area contributed by atoms with Crippen molar-refractivity contribution in [1.82, 2.24) is 19.8 Å². The van der Waals surface area contributed by atoms with Gasteiger partial charge in [0.15, 0.2) is 0 Å². The van der Waals surface area contributed by atoms with Gasteiger partial charge in [-0.25, -0.2) is 0 Å². The highest BCUT2D eigenvalue weighted by atomic mass is 16.2. The highest BCUT2D eigenvalue weighted by Gasteiger charge is 2.21. The number of nitrogens with one attached hydrogen (secondary N) is 2. The van der Waals surface area contributed by atoms with Gasteiger partial charge in [-0.15, -0.1) is 0 Å². The third-order valence-electron chi connectivity index (χ3n) is 6.64. The number of amides is 1. The van der Waals surface area contributed by atoms with Crippen LogP contribution in [0.4, 0.5) is 0 Å². The first-order chi connectivity index (χ1) is 15.3. The van der Waals surface area contributed by atoms with E-state index < -0.39 is 0 Å². The lowest BCUT2D eigenvalue weighted by Gasteiger charge is -2.23. The molecule has 1 aromatic carbocycles. The van der Waals surface area contributed by atoms with Crippen LogP contribution in [-0.4, -0.2) is 47.5 Å². The zero-order valence-corrected chi connectivity index (χ0v) is 19.8. The molecule has 0 spiro atoms. The van der Waals surface area contributed by atoms with Gasteiger partial charge in [-0.1, -0.05) is 19.9 Å². The zero-order chi connectivity index (χ0) is 23.0. The van der Waals surface area contributed by atoms with Crippen LogP contribution >= 0.6 is 0 Å². The Balaban J connectivity index is 1.83. The number of carbonyl (C=O) groups is 1. The molecule has 1 fully saturated rings. The number of carbonyl (C=O) groups excluding carboxylic acids is 1. The number of aromatic nitrogens is 2. The fraction of sp³-hybridized carbons (Fsp3) is 0.462. The molecule has 0 saturated carbocycles. The molecule has 170 valence electrons. The second-order valence-corrected chi connectivity index (χ2v) is 9.53. The number of piperidine rings is 1. The average Bonchev–Trinajstić information content (AvgIpc) is 3.16. The SMILES string of the molecule is CC(C)c1c(-c2cc(CC(=O)N(C)C)c(=O)n(C)c2)[nH]c2ccc(C3CCNCC3)cc12. The Morgan fingerprint density at radius 1 is 1.19 bits per heavy atom. The molecule has 3 heterocycles. The smallest absolute Gasteiger partial charge is 0.254 e. The maximum atomic E-state index is 12.7. The molecule has 2 aromatic heterocycles. The number of aryl methyl sites for hydroxylation is 1. The van der Waals surface area contributed by atoms with Crippen LogP contribution in [0.2, 0.25) is 0 Å². The molecule has 1 saturated heterocycles. The Bertz CT molecular complexity index is 1200. The summed E-state index contributed by atoms with van der Waals surface area (Å²) in [5, 5.41) is 4.71. The van der Waals surface area contributed by atoms with E-state index in [2.05, 4.69) is 42.3 Å². The monoisotopic (exact) mass is 434 g/mol. The van der Waals surface area contributed by atoms with E-state index in [1.54, 1.807) is 25.7 Å². The lowest BCUT2D eigenvalue weighted by atomic mass is 9.88. The Hall–Kier alpha value is -2.86. The first-order valence-electron chi connectivity index (χ1n) is 11.5. The van der Waals surface area contributed by atoms with E-state index in [4.69, 9.17) is 0 Å². The van der Waals surface area contributed by atoms with Crippen LogP contribution in [0.3, 0.4) is 0 Å². The second kappa shape index (κ2) is 8.94. The van der Waals surface area contributed by atoms with Crippen molar-refractivity contribution in [1.29, 1.82) is 0 Å². The number of likely N-dealkylation sites (N-methyl/N-ethyl adjacent to an activating group) is 1. The molecule has 0 atom stereocenters. The van der Waals surface area contributed by atoms with Gasteiger partial charge in [-0.2, -0.15) is 0 Å². The number of pyridine rings is 1. The van der Waals surface area contributed by atoms with Crippen LogP contribution in [0.15, 0.2) is 35.3 Å². The fourth-order valence-electron chi connectivity index (χ4n) is 4.83. The first-order valence-corrected chi connectivity index (χ1v) is 11.5. The lowest BCUT2D eigenvalue weighted by Crippen LogP contribution is -2.28. The van der Waals surface area contributed by atoms with Gasteiger partial charge in [0.25, 0.3) is 5.56 Å². The van der Waals surface area contributed by atoms with E-state index in [-0.39, 0.29) is 17.9 Å². The Kier molecular flexibility index (Phi) is 6.24. The lowest BCUT2D eigenvalue weighted by molar-refractivity contribution is -0.127. The average molecular weight is 435 g/mol. The quantitative estimate of drug-likeness (QED) is 0.642. The Morgan fingerprint density at radius 3 is 2.56 bits per heavy atom. The molecule has 0 unspecified atom stereocenters. The van der Waals surface area contributed by atoms with Gasteiger partial charge in [0, 0.05) is 49.4 Å². The minimum atomic E-state index is -0.126. The summed E-state index contributed by atoms with van der Waals surface area (Å²) in [5.41, 5.74) is 6.15. The third-order valence-corrected chi connectivity index (χ3v) is 6.64. The van der Waals surface area contributed by atoms with Crippen LogP contribution < -0.4 is 10.9 Å². The Morgan fingerprint density at radius 2 is 1.91 bits per heavy atom. The maximum Gasteiger partial charge on any atom is 0.254 e. The highest BCUT2D eigenvalue weighted by Crippen LogP contribution is 2.37. The van der Waals surface area contributed by atoms with E-state index in [1.165, 1.54) is 34.3 Å². The van der Waals surface area contributed by atoms with Crippen molar-refractivity contribution in [3.63, 3.8) is 0 Å². The van der Waals surface area contributed by atoms with E-state index in [1.807, 2.05) is 12.3 Å². The molecule has 6 nitrogen and oxygen atoms in total. The van der Waals surface area contributed by atoms with Crippen molar-refractivity contribution in [3.8, 4) is 11.3 Å². The zero-order valence-electron chi connectivity index (χ0n) is 19.8.